The molecule has 3 heterocycles. The predicted molar refractivity (Wildman–Crippen MR) is 171 cm³/mol. The van der Waals surface area contributed by atoms with Gasteiger partial charge in [0.2, 0.25) is 0 Å². The normalized spacial score (nSPS) is 51.3. The van der Waals surface area contributed by atoms with E-state index in [2.05, 4.69) is 19.9 Å². The molecular formula is C36H52O13. The summed E-state index contributed by atoms with van der Waals surface area (Å²) in [6.45, 7) is 5.41. The highest BCUT2D eigenvalue weighted by Gasteiger charge is 2.67. The van der Waals surface area contributed by atoms with E-state index in [9.17, 15) is 40.5 Å². The van der Waals surface area contributed by atoms with Gasteiger partial charge >= 0.3 is 5.63 Å². The summed E-state index contributed by atoms with van der Waals surface area (Å²) in [5, 5.41) is 75.3. The maximum Gasteiger partial charge on any atom is 0.335 e. The van der Waals surface area contributed by atoms with Crippen LogP contribution in [0.1, 0.15) is 83.6 Å². The van der Waals surface area contributed by atoms with Crippen LogP contribution in [0, 0.1) is 22.7 Å². The first-order valence-electron chi connectivity index (χ1n) is 17.9. The zero-order valence-electron chi connectivity index (χ0n) is 28.3. The van der Waals surface area contributed by atoms with E-state index in [0.717, 1.165) is 44.1 Å². The summed E-state index contributed by atoms with van der Waals surface area (Å²) in [6.07, 6.45) is -3.99. The minimum Gasteiger partial charge on any atom is -0.431 e. The fourth-order valence-electron chi connectivity index (χ4n) is 10.7. The van der Waals surface area contributed by atoms with Crippen molar-refractivity contribution in [3.8, 4) is 0 Å². The number of fused-ring (bicyclic) bond motifs is 5. The van der Waals surface area contributed by atoms with E-state index in [0.29, 0.717) is 12.8 Å². The summed E-state index contributed by atoms with van der Waals surface area (Å²) in [5.74, 6) is 0.533. The molecule has 13 nitrogen and oxygen atoms in total. The van der Waals surface area contributed by atoms with Crippen molar-refractivity contribution >= 4 is 0 Å². The Morgan fingerprint density at radius 1 is 0.837 bits per heavy atom. The van der Waals surface area contributed by atoms with Crippen LogP contribution in [0.15, 0.2) is 39.3 Å². The highest BCUT2D eigenvalue weighted by Crippen LogP contribution is 2.70. The van der Waals surface area contributed by atoms with Crippen molar-refractivity contribution in [3.05, 3.63) is 46.0 Å². The Balaban J connectivity index is 1.03. The van der Waals surface area contributed by atoms with Crippen LogP contribution in [0.2, 0.25) is 0 Å². The van der Waals surface area contributed by atoms with Gasteiger partial charge in [0.15, 0.2) is 12.6 Å². The molecule has 4 aliphatic carbocycles. The fraction of sp³-hybridized carbons (Fsp3) is 0.806. The molecule has 0 spiro atoms. The van der Waals surface area contributed by atoms with Gasteiger partial charge in [0.1, 0.15) is 42.7 Å². The molecule has 0 amide bonds. The number of rotatable bonds is 6. The Kier molecular flexibility index (Phi) is 9.48. The van der Waals surface area contributed by atoms with Crippen molar-refractivity contribution in [2.45, 2.75) is 151 Å². The number of ether oxygens (including phenoxy) is 4. The second kappa shape index (κ2) is 13.0. The quantitative estimate of drug-likeness (QED) is 0.207. The molecule has 0 aromatic carbocycles. The minimum absolute atomic E-state index is 0.116. The first kappa shape index (κ1) is 35.6. The molecule has 1 aromatic heterocycles. The molecule has 0 unspecified atom stereocenters. The summed E-state index contributed by atoms with van der Waals surface area (Å²) in [7, 11) is 0. The molecule has 5 fully saturated rings. The van der Waals surface area contributed by atoms with Gasteiger partial charge < -0.3 is 59.1 Å². The molecule has 1 aromatic rings. The molecule has 274 valence electrons. The lowest BCUT2D eigenvalue weighted by molar-refractivity contribution is -0.359. The zero-order valence-corrected chi connectivity index (χ0v) is 28.3. The van der Waals surface area contributed by atoms with E-state index in [-0.39, 0.29) is 34.2 Å². The van der Waals surface area contributed by atoms with E-state index in [1.54, 1.807) is 6.26 Å². The first-order chi connectivity index (χ1) is 23.2. The fourth-order valence-corrected chi connectivity index (χ4v) is 10.7. The van der Waals surface area contributed by atoms with Crippen molar-refractivity contribution in [3.63, 3.8) is 0 Å². The number of allylic oxidation sites excluding steroid dienone is 1. The molecular weight excluding hydrogens is 640 g/mol. The van der Waals surface area contributed by atoms with Gasteiger partial charge in [-0.25, -0.2) is 4.79 Å². The predicted octanol–water partition coefficient (Wildman–Crippen LogP) is 0.838. The molecule has 2 saturated heterocycles. The Morgan fingerprint density at radius 3 is 2.29 bits per heavy atom. The summed E-state index contributed by atoms with van der Waals surface area (Å²) < 4.78 is 28.6. The highest BCUT2D eigenvalue weighted by atomic mass is 16.7. The van der Waals surface area contributed by atoms with Gasteiger partial charge in [-0.3, -0.25) is 0 Å². The average molecular weight is 693 g/mol. The first-order valence-corrected chi connectivity index (χ1v) is 17.9. The minimum atomic E-state index is -1.64. The van der Waals surface area contributed by atoms with E-state index in [1.165, 1.54) is 18.6 Å². The Bertz CT molecular complexity index is 1430. The van der Waals surface area contributed by atoms with Crippen LogP contribution in [0.5, 0.6) is 0 Å². The number of aliphatic hydroxyl groups is 7. The van der Waals surface area contributed by atoms with Gasteiger partial charge in [0.25, 0.3) is 0 Å². The zero-order chi connectivity index (χ0) is 35.0. The van der Waals surface area contributed by atoms with E-state index in [1.807, 2.05) is 6.07 Å². The topological polar surface area (TPSA) is 209 Å². The third-order valence-corrected chi connectivity index (χ3v) is 13.6. The molecule has 13 heteroatoms. The lowest BCUT2D eigenvalue weighted by Crippen LogP contribution is -2.64. The Morgan fingerprint density at radius 2 is 1.57 bits per heavy atom. The van der Waals surface area contributed by atoms with E-state index in [4.69, 9.17) is 23.4 Å². The monoisotopic (exact) mass is 692 g/mol. The Labute approximate surface area is 285 Å². The van der Waals surface area contributed by atoms with Crippen molar-refractivity contribution < 1.29 is 59.1 Å². The highest BCUT2D eigenvalue weighted by molar-refractivity contribution is 5.31. The van der Waals surface area contributed by atoms with Gasteiger partial charge in [0.05, 0.1) is 30.7 Å². The Hall–Kier alpha value is -1.75. The van der Waals surface area contributed by atoms with Crippen molar-refractivity contribution in [1.82, 2.24) is 0 Å². The second-order valence-corrected chi connectivity index (χ2v) is 15.9. The molecule has 0 bridgehead atoms. The van der Waals surface area contributed by atoms with Gasteiger partial charge in [0, 0.05) is 11.5 Å². The molecule has 49 heavy (non-hydrogen) atoms. The summed E-state index contributed by atoms with van der Waals surface area (Å²) in [4.78, 5) is 11.6. The van der Waals surface area contributed by atoms with Crippen LogP contribution < -0.4 is 5.63 Å². The maximum atomic E-state index is 12.5. The third kappa shape index (κ3) is 5.68. The van der Waals surface area contributed by atoms with Crippen LogP contribution >= 0.6 is 0 Å². The summed E-state index contributed by atoms with van der Waals surface area (Å²) >= 11 is 0. The van der Waals surface area contributed by atoms with Crippen LogP contribution in [0.3, 0.4) is 0 Å². The molecule has 7 rings (SSSR count). The van der Waals surface area contributed by atoms with Crippen LogP contribution in [-0.4, -0.2) is 115 Å². The van der Waals surface area contributed by atoms with Crippen LogP contribution in [-0.2, 0) is 18.9 Å². The molecule has 2 aliphatic heterocycles. The standard InChI is InChI=1S/C36H52O13/c1-17-26(39)27(40)29(42)32(46-17)49-31-24(15-37)48-33(30(43)28(31)41)47-20-8-11-34(2)19(14-20)5-6-23-22(34)9-12-35(3)21(10-13-36(23,35)44)18-4-7-25(38)45-16-18/h4,7,14,16-17,20-24,26-33,37,39-44H,5-6,8-13,15H2,1-3H3/t17-,20-,21+,22-,23+,24+,26+,27+,28-,29+,30+,31-,32-,33+,34+,35-,36-/m0/s1. The second-order valence-electron chi connectivity index (χ2n) is 15.9. The van der Waals surface area contributed by atoms with Gasteiger partial charge in [-0.2, -0.15) is 0 Å². The largest absolute Gasteiger partial charge is 0.431 e. The van der Waals surface area contributed by atoms with Crippen molar-refractivity contribution in [1.29, 1.82) is 0 Å². The van der Waals surface area contributed by atoms with Gasteiger partial charge in [-0.1, -0.05) is 25.5 Å². The lowest BCUT2D eigenvalue weighted by atomic mass is 9.45. The average Bonchev–Trinajstić information content (AvgIpc) is 3.37. The maximum absolute atomic E-state index is 12.5. The van der Waals surface area contributed by atoms with Crippen LogP contribution in [0.25, 0.3) is 0 Å². The number of hydrogen-bond acceptors (Lipinski definition) is 13. The summed E-state index contributed by atoms with van der Waals surface area (Å²) in [6, 6.07) is 3.31. The van der Waals surface area contributed by atoms with Gasteiger partial charge in [-0.15, -0.1) is 0 Å². The molecule has 6 aliphatic rings. The molecule has 17 atom stereocenters. The third-order valence-electron chi connectivity index (χ3n) is 13.6. The van der Waals surface area contributed by atoms with Crippen LogP contribution in [0.4, 0.5) is 0 Å². The van der Waals surface area contributed by atoms with E-state index >= 15 is 0 Å². The summed E-state index contributed by atoms with van der Waals surface area (Å²) in [5.41, 5.74) is 0.574. The number of hydrogen-bond donors (Lipinski definition) is 7. The SMILES string of the molecule is C[C@@H]1O[C@@H](O[C@@H]2[C@@H](O)[C@@H](O)[C@H](O[C@@H]3C=C4CC[C@@H]5[C@H](CC[C@@]6(C)[C@@H](c7ccc(=O)oc7)CC[C@]56O)[C@]4(C)CC3)O[C@@H]2CO)[C@H](O)[C@H](O)[C@@H]1O. The number of aliphatic hydroxyl groups excluding tert-OH is 6. The lowest BCUT2D eigenvalue weighted by Gasteiger charge is -2.62. The van der Waals surface area contributed by atoms with E-state index < -0.39 is 79.7 Å². The molecule has 0 radical (unpaired) electrons. The van der Waals surface area contributed by atoms with Gasteiger partial charge in [-0.05, 0) is 93.1 Å². The smallest absolute Gasteiger partial charge is 0.335 e. The molecule has 3 saturated carbocycles. The van der Waals surface area contributed by atoms with Crippen molar-refractivity contribution in [2.75, 3.05) is 6.61 Å². The van der Waals surface area contributed by atoms with Crippen molar-refractivity contribution in [2.24, 2.45) is 22.7 Å². The molecule has 7 N–H and O–H groups in total.